The average Bonchev–Trinajstić information content (AvgIpc) is 2.45. The summed E-state index contributed by atoms with van der Waals surface area (Å²) in [7, 11) is 0. The number of hydrazine groups is 1. The van der Waals surface area contributed by atoms with Crippen LogP contribution < -0.4 is 11.3 Å². The number of benzene rings is 2. The van der Waals surface area contributed by atoms with Gasteiger partial charge in [0.2, 0.25) is 0 Å². The predicted molar refractivity (Wildman–Crippen MR) is 90.4 cm³/mol. The molecular formula is C19H26N2. The molecule has 2 nitrogen and oxygen atoms in total. The molecule has 0 heterocycles. The molecule has 0 bridgehead atoms. The molecule has 0 fully saturated rings. The fourth-order valence-electron chi connectivity index (χ4n) is 2.89. The van der Waals surface area contributed by atoms with Crippen molar-refractivity contribution in [1.82, 2.24) is 5.43 Å². The number of nitrogens with two attached hydrogens (primary N) is 1. The van der Waals surface area contributed by atoms with E-state index >= 15 is 0 Å². The Morgan fingerprint density at radius 1 is 0.905 bits per heavy atom. The van der Waals surface area contributed by atoms with E-state index in [0.29, 0.717) is 0 Å². The summed E-state index contributed by atoms with van der Waals surface area (Å²) in [5.41, 5.74) is 11.1. The van der Waals surface area contributed by atoms with E-state index < -0.39 is 0 Å². The molecule has 1 atom stereocenters. The Labute approximate surface area is 128 Å². The van der Waals surface area contributed by atoms with Gasteiger partial charge < -0.3 is 0 Å². The Balaban J connectivity index is 2.19. The molecule has 3 N–H and O–H groups in total. The minimum absolute atomic E-state index is 0.255. The first-order valence-electron chi connectivity index (χ1n) is 7.58. The van der Waals surface area contributed by atoms with Gasteiger partial charge in [-0.1, -0.05) is 42.0 Å². The summed E-state index contributed by atoms with van der Waals surface area (Å²) in [5.74, 6) is 5.81. The van der Waals surface area contributed by atoms with Gasteiger partial charge in [-0.3, -0.25) is 11.3 Å². The topological polar surface area (TPSA) is 38.0 Å². The second-order valence-corrected chi connectivity index (χ2v) is 6.07. The highest BCUT2D eigenvalue weighted by Gasteiger charge is 2.13. The van der Waals surface area contributed by atoms with Gasteiger partial charge in [-0.05, 0) is 68.4 Å². The van der Waals surface area contributed by atoms with Crippen molar-refractivity contribution in [3.63, 3.8) is 0 Å². The van der Waals surface area contributed by atoms with Crippen LogP contribution in [0.1, 0.15) is 33.4 Å². The molecule has 0 aliphatic rings. The van der Waals surface area contributed by atoms with Gasteiger partial charge in [-0.25, -0.2) is 0 Å². The Hall–Kier alpha value is -1.64. The molecule has 112 valence electrons. The van der Waals surface area contributed by atoms with Crippen LogP contribution >= 0.6 is 0 Å². The Morgan fingerprint density at radius 3 is 2.19 bits per heavy atom. The van der Waals surface area contributed by atoms with Crippen molar-refractivity contribution in [2.45, 2.75) is 46.6 Å². The molecule has 0 aliphatic carbocycles. The second kappa shape index (κ2) is 6.88. The summed E-state index contributed by atoms with van der Waals surface area (Å²) in [6, 6.07) is 13.3. The summed E-state index contributed by atoms with van der Waals surface area (Å²) in [5, 5.41) is 0. The van der Waals surface area contributed by atoms with Crippen molar-refractivity contribution >= 4 is 0 Å². The maximum atomic E-state index is 5.81. The van der Waals surface area contributed by atoms with Crippen molar-refractivity contribution in [3.8, 4) is 0 Å². The normalized spacial score (nSPS) is 12.4. The zero-order valence-corrected chi connectivity index (χ0v) is 13.5. The lowest BCUT2D eigenvalue weighted by molar-refractivity contribution is 0.519. The lowest BCUT2D eigenvalue weighted by Gasteiger charge is -2.20. The smallest absolute Gasteiger partial charge is 0.0291 e. The molecule has 0 aliphatic heterocycles. The summed E-state index contributed by atoms with van der Waals surface area (Å²) >= 11 is 0. The van der Waals surface area contributed by atoms with Crippen molar-refractivity contribution in [3.05, 3.63) is 69.8 Å². The van der Waals surface area contributed by atoms with Gasteiger partial charge in [0.1, 0.15) is 0 Å². The van der Waals surface area contributed by atoms with Crippen LogP contribution in [0.5, 0.6) is 0 Å². The lowest BCUT2D eigenvalue weighted by atomic mass is 9.92. The minimum atomic E-state index is 0.255. The summed E-state index contributed by atoms with van der Waals surface area (Å²) in [6.45, 7) is 8.66. The Morgan fingerprint density at radius 2 is 1.57 bits per heavy atom. The number of rotatable bonds is 5. The maximum absolute atomic E-state index is 5.81. The monoisotopic (exact) mass is 282 g/mol. The summed E-state index contributed by atoms with van der Waals surface area (Å²) in [4.78, 5) is 0. The van der Waals surface area contributed by atoms with E-state index in [-0.39, 0.29) is 6.04 Å². The van der Waals surface area contributed by atoms with Crippen molar-refractivity contribution in [2.24, 2.45) is 5.84 Å². The third-order valence-corrected chi connectivity index (χ3v) is 4.30. The maximum Gasteiger partial charge on any atom is 0.0291 e. The second-order valence-electron chi connectivity index (χ2n) is 6.07. The first-order valence-corrected chi connectivity index (χ1v) is 7.58. The van der Waals surface area contributed by atoms with Crippen LogP contribution in [0.15, 0.2) is 36.4 Å². The first kappa shape index (κ1) is 15.7. The van der Waals surface area contributed by atoms with Crippen LogP contribution in [-0.4, -0.2) is 6.04 Å². The third kappa shape index (κ3) is 3.93. The third-order valence-electron chi connectivity index (χ3n) is 4.30. The molecule has 0 amide bonds. The van der Waals surface area contributed by atoms with Gasteiger partial charge in [0, 0.05) is 6.04 Å². The molecule has 1 unspecified atom stereocenters. The van der Waals surface area contributed by atoms with Crippen molar-refractivity contribution in [2.75, 3.05) is 0 Å². The van der Waals surface area contributed by atoms with E-state index in [2.05, 4.69) is 69.5 Å². The number of hydrogen-bond donors (Lipinski definition) is 2. The van der Waals surface area contributed by atoms with Gasteiger partial charge >= 0.3 is 0 Å². The molecule has 2 aromatic carbocycles. The Bertz CT molecular complexity index is 597. The Kier molecular flexibility index (Phi) is 5.16. The summed E-state index contributed by atoms with van der Waals surface area (Å²) < 4.78 is 0. The fourth-order valence-corrected chi connectivity index (χ4v) is 2.89. The molecule has 21 heavy (non-hydrogen) atoms. The van der Waals surface area contributed by atoms with Crippen LogP contribution in [0.4, 0.5) is 0 Å². The van der Waals surface area contributed by atoms with E-state index in [1.165, 1.54) is 33.4 Å². The van der Waals surface area contributed by atoms with Crippen LogP contribution in [0, 0.1) is 27.7 Å². The molecule has 2 aromatic rings. The lowest BCUT2D eigenvalue weighted by Crippen LogP contribution is -2.39. The fraction of sp³-hybridized carbons (Fsp3) is 0.368. The molecule has 0 saturated carbocycles. The highest BCUT2D eigenvalue weighted by molar-refractivity contribution is 5.35. The molecule has 0 saturated heterocycles. The van der Waals surface area contributed by atoms with E-state index in [4.69, 9.17) is 5.84 Å². The zero-order valence-electron chi connectivity index (χ0n) is 13.5. The van der Waals surface area contributed by atoms with Gasteiger partial charge in [0.15, 0.2) is 0 Å². The van der Waals surface area contributed by atoms with Crippen LogP contribution in [0.3, 0.4) is 0 Å². The summed E-state index contributed by atoms with van der Waals surface area (Å²) in [6.07, 6.45) is 1.92. The van der Waals surface area contributed by atoms with Crippen molar-refractivity contribution in [1.29, 1.82) is 0 Å². The van der Waals surface area contributed by atoms with E-state index in [9.17, 15) is 0 Å². The first-order chi connectivity index (χ1) is 10.0. The average molecular weight is 282 g/mol. The molecular weight excluding hydrogens is 256 g/mol. The minimum Gasteiger partial charge on any atom is -0.271 e. The molecule has 2 rings (SSSR count). The number of hydrogen-bond acceptors (Lipinski definition) is 2. The van der Waals surface area contributed by atoms with Crippen molar-refractivity contribution < 1.29 is 0 Å². The number of nitrogens with one attached hydrogen (secondary N) is 1. The van der Waals surface area contributed by atoms with Gasteiger partial charge in [-0.15, -0.1) is 0 Å². The SMILES string of the molecule is Cc1ccc(C)c(CC(Cc2c(C)cccc2C)NN)c1. The zero-order chi connectivity index (χ0) is 15.4. The van der Waals surface area contributed by atoms with Crippen LogP contribution in [-0.2, 0) is 12.8 Å². The van der Waals surface area contributed by atoms with Gasteiger partial charge in [0.25, 0.3) is 0 Å². The standard InChI is InChI=1S/C19H26N2/c1-13-8-9-14(2)17(10-13)11-18(21-20)12-19-15(3)6-5-7-16(19)4/h5-10,18,21H,11-12,20H2,1-4H3. The van der Waals surface area contributed by atoms with E-state index in [1.54, 1.807) is 0 Å². The van der Waals surface area contributed by atoms with Crippen LogP contribution in [0.25, 0.3) is 0 Å². The van der Waals surface area contributed by atoms with Gasteiger partial charge in [-0.2, -0.15) is 0 Å². The quantitative estimate of drug-likeness (QED) is 0.650. The largest absolute Gasteiger partial charge is 0.271 e. The van der Waals surface area contributed by atoms with E-state index in [0.717, 1.165) is 12.8 Å². The highest BCUT2D eigenvalue weighted by Crippen LogP contribution is 2.18. The number of aryl methyl sites for hydroxylation is 4. The molecule has 0 aromatic heterocycles. The van der Waals surface area contributed by atoms with E-state index in [1.807, 2.05) is 0 Å². The highest BCUT2D eigenvalue weighted by atomic mass is 15.2. The molecule has 2 heteroatoms. The molecule has 0 spiro atoms. The predicted octanol–water partition coefficient (Wildman–Crippen LogP) is 3.54. The van der Waals surface area contributed by atoms with Gasteiger partial charge in [0.05, 0.1) is 0 Å². The molecule has 0 radical (unpaired) electrons. The van der Waals surface area contributed by atoms with Crippen LogP contribution in [0.2, 0.25) is 0 Å².